The second-order valence-electron chi connectivity index (χ2n) is 3.11. The molecule has 6 nitrogen and oxygen atoms in total. The third kappa shape index (κ3) is 2.14. The molecule has 2 heterocycles. The number of rotatable bonds is 3. The van der Waals surface area contributed by atoms with Crippen molar-refractivity contribution in [3.8, 4) is 0 Å². The van der Waals surface area contributed by atoms with Crippen molar-refractivity contribution in [1.82, 2.24) is 19.6 Å². The number of hydrogen-bond acceptors (Lipinski definition) is 5. The van der Waals surface area contributed by atoms with Gasteiger partial charge in [-0.2, -0.15) is 4.98 Å². The van der Waals surface area contributed by atoms with E-state index in [0.29, 0.717) is 18.0 Å². The summed E-state index contributed by atoms with van der Waals surface area (Å²) < 4.78 is 2.37. The normalized spacial score (nSPS) is 13.3. The summed E-state index contributed by atoms with van der Waals surface area (Å²) in [5.41, 5.74) is 5.77. The Hall–Kier alpha value is -1.05. The van der Waals surface area contributed by atoms with Gasteiger partial charge in [-0.25, -0.2) is 9.50 Å². The first-order valence-corrected chi connectivity index (χ1v) is 5.24. The molecule has 0 aromatic carbocycles. The van der Waals surface area contributed by atoms with Crippen molar-refractivity contribution in [2.24, 2.45) is 5.73 Å². The smallest absolute Gasteiger partial charge is 0.252 e. The van der Waals surface area contributed by atoms with E-state index in [1.165, 1.54) is 0 Å². The van der Waals surface area contributed by atoms with Crippen LogP contribution in [-0.4, -0.2) is 31.3 Å². The lowest BCUT2D eigenvalue weighted by Crippen LogP contribution is -2.13. The Morgan fingerprint density at radius 2 is 2.40 bits per heavy atom. The predicted octanol–water partition coefficient (Wildman–Crippen LogP) is 0.269. The van der Waals surface area contributed by atoms with Gasteiger partial charge in [0.2, 0.25) is 0 Å². The summed E-state index contributed by atoms with van der Waals surface area (Å²) in [4.78, 5) is 8.22. The van der Waals surface area contributed by atoms with Gasteiger partial charge in [-0.3, -0.25) is 0 Å². The minimum atomic E-state index is -0.351. The van der Waals surface area contributed by atoms with E-state index in [1.807, 2.05) is 0 Å². The standard InChI is InChI=1S/C8H10BrN5O/c9-5-3-11-8-12-7(6(10)1-2-15)13-14(8)4-5/h3-4,6,15H,1-2,10H2. The Bertz CT molecular complexity index is 471. The highest BCUT2D eigenvalue weighted by Gasteiger charge is 2.12. The molecule has 1 unspecified atom stereocenters. The molecule has 1 atom stereocenters. The van der Waals surface area contributed by atoms with Crippen LogP contribution in [0.3, 0.4) is 0 Å². The van der Waals surface area contributed by atoms with Crippen LogP contribution in [0.5, 0.6) is 0 Å². The van der Waals surface area contributed by atoms with Crippen LogP contribution >= 0.6 is 15.9 Å². The lowest BCUT2D eigenvalue weighted by atomic mass is 10.2. The molecular weight excluding hydrogens is 262 g/mol. The van der Waals surface area contributed by atoms with Gasteiger partial charge < -0.3 is 10.8 Å². The van der Waals surface area contributed by atoms with Gasteiger partial charge in [0.15, 0.2) is 5.82 Å². The number of hydrogen-bond donors (Lipinski definition) is 2. The number of halogens is 1. The van der Waals surface area contributed by atoms with E-state index < -0.39 is 0 Å². The zero-order valence-corrected chi connectivity index (χ0v) is 9.42. The Morgan fingerprint density at radius 3 is 3.13 bits per heavy atom. The van der Waals surface area contributed by atoms with Gasteiger partial charge in [-0.15, -0.1) is 5.10 Å². The molecule has 0 aliphatic carbocycles. The number of nitrogens with zero attached hydrogens (tertiary/aromatic N) is 4. The maximum atomic E-state index is 8.75. The molecule has 80 valence electrons. The molecule has 0 amide bonds. The summed E-state index contributed by atoms with van der Waals surface area (Å²) in [5, 5.41) is 12.9. The molecule has 0 aliphatic rings. The van der Waals surface area contributed by atoms with Gasteiger partial charge >= 0.3 is 0 Å². The summed E-state index contributed by atoms with van der Waals surface area (Å²) in [6.45, 7) is 0.0217. The quantitative estimate of drug-likeness (QED) is 0.837. The first-order chi connectivity index (χ1) is 7.20. The first kappa shape index (κ1) is 10.5. The number of fused-ring (bicyclic) bond motifs is 1. The zero-order valence-electron chi connectivity index (χ0n) is 7.84. The SMILES string of the molecule is NC(CCO)c1nc2ncc(Br)cn2n1. The second-order valence-corrected chi connectivity index (χ2v) is 4.02. The third-order valence-electron chi connectivity index (χ3n) is 1.95. The average Bonchev–Trinajstić information content (AvgIpc) is 2.60. The van der Waals surface area contributed by atoms with Crippen molar-refractivity contribution < 1.29 is 5.11 Å². The van der Waals surface area contributed by atoms with Crippen LogP contribution in [0.15, 0.2) is 16.9 Å². The zero-order chi connectivity index (χ0) is 10.8. The largest absolute Gasteiger partial charge is 0.396 e. The van der Waals surface area contributed by atoms with Crippen LogP contribution in [0.2, 0.25) is 0 Å². The number of aliphatic hydroxyl groups is 1. The van der Waals surface area contributed by atoms with Crippen LogP contribution in [0.1, 0.15) is 18.3 Å². The van der Waals surface area contributed by atoms with Crippen molar-refractivity contribution in [3.63, 3.8) is 0 Å². The Kier molecular flexibility index (Phi) is 2.94. The van der Waals surface area contributed by atoms with E-state index in [0.717, 1.165) is 4.47 Å². The monoisotopic (exact) mass is 271 g/mol. The van der Waals surface area contributed by atoms with Crippen LogP contribution < -0.4 is 5.73 Å². The molecule has 0 aliphatic heterocycles. The Morgan fingerprint density at radius 1 is 1.60 bits per heavy atom. The molecule has 0 bridgehead atoms. The number of aromatic nitrogens is 4. The second kappa shape index (κ2) is 4.21. The molecule has 2 aromatic heterocycles. The van der Waals surface area contributed by atoms with Gasteiger partial charge in [-0.05, 0) is 22.4 Å². The van der Waals surface area contributed by atoms with Gasteiger partial charge in [0, 0.05) is 19.0 Å². The summed E-state index contributed by atoms with van der Waals surface area (Å²) >= 11 is 3.29. The fraction of sp³-hybridized carbons (Fsp3) is 0.375. The van der Waals surface area contributed by atoms with Crippen molar-refractivity contribution in [3.05, 3.63) is 22.7 Å². The summed E-state index contributed by atoms with van der Waals surface area (Å²) in [6.07, 6.45) is 3.84. The molecule has 7 heteroatoms. The Balaban J connectivity index is 2.38. The maximum Gasteiger partial charge on any atom is 0.252 e. The lowest BCUT2D eigenvalue weighted by molar-refractivity contribution is 0.274. The molecule has 0 saturated carbocycles. The van der Waals surface area contributed by atoms with E-state index in [4.69, 9.17) is 10.8 Å². The van der Waals surface area contributed by atoms with Crippen molar-refractivity contribution in [2.75, 3.05) is 6.61 Å². The highest BCUT2D eigenvalue weighted by molar-refractivity contribution is 9.10. The van der Waals surface area contributed by atoms with Crippen molar-refractivity contribution in [1.29, 1.82) is 0 Å². The molecule has 15 heavy (non-hydrogen) atoms. The fourth-order valence-corrected chi connectivity index (χ4v) is 1.50. The third-order valence-corrected chi connectivity index (χ3v) is 2.36. The Labute approximate surface area is 94.3 Å². The van der Waals surface area contributed by atoms with Gasteiger partial charge in [-0.1, -0.05) is 0 Å². The van der Waals surface area contributed by atoms with E-state index in [-0.39, 0.29) is 12.6 Å². The molecule has 2 aromatic rings. The van der Waals surface area contributed by atoms with E-state index in [1.54, 1.807) is 16.9 Å². The average molecular weight is 272 g/mol. The van der Waals surface area contributed by atoms with E-state index >= 15 is 0 Å². The molecule has 0 radical (unpaired) electrons. The summed E-state index contributed by atoms with van der Waals surface area (Å²) in [5.74, 6) is 0.997. The molecule has 0 fully saturated rings. The highest BCUT2D eigenvalue weighted by atomic mass is 79.9. The van der Waals surface area contributed by atoms with Gasteiger partial charge in [0.25, 0.3) is 5.78 Å². The van der Waals surface area contributed by atoms with E-state index in [9.17, 15) is 0 Å². The first-order valence-electron chi connectivity index (χ1n) is 4.45. The van der Waals surface area contributed by atoms with Crippen molar-refractivity contribution in [2.45, 2.75) is 12.5 Å². The summed E-state index contributed by atoms with van der Waals surface area (Å²) in [7, 11) is 0. The fourth-order valence-electron chi connectivity index (χ4n) is 1.20. The van der Waals surface area contributed by atoms with E-state index in [2.05, 4.69) is 31.0 Å². The molecule has 0 spiro atoms. The number of nitrogens with two attached hydrogens (primary N) is 1. The van der Waals surface area contributed by atoms with Crippen LogP contribution in [0.25, 0.3) is 5.78 Å². The van der Waals surface area contributed by atoms with Crippen molar-refractivity contribution >= 4 is 21.7 Å². The van der Waals surface area contributed by atoms with Gasteiger partial charge in [0.1, 0.15) is 0 Å². The topological polar surface area (TPSA) is 89.3 Å². The van der Waals surface area contributed by atoms with Gasteiger partial charge in [0.05, 0.1) is 10.5 Å². The predicted molar refractivity (Wildman–Crippen MR) is 57.1 cm³/mol. The van der Waals surface area contributed by atoms with Crippen LogP contribution in [-0.2, 0) is 0 Å². The lowest BCUT2D eigenvalue weighted by Gasteiger charge is -2.02. The van der Waals surface area contributed by atoms with Crippen LogP contribution in [0.4, 0.5) is 0 Å². The summed E-state index contributed by atoms with van der Waals surface area (Å²) in [6, 6.07) is -0.351. The van der Waals surface area contributed by atoms with Crippen LogP contribution in [0, 0.1) is 0 Å². The highest BCUT2D eigenvalue weighted by Crippen LogP contribution is 2.12. The maximum absolute atomic E-state index is 8.75. The number of aliphatic hydroxyl groups excluding tert-OH is 1. The minimum absolute atomic E-state index is 0.0217. The molecular formula is C8H10BrN5O. The minimum Gasteiger partial charge on any atom is -0.396 e. The molecule has 3 N–H and O–H groups in total. The molecule has 0 saturated heterocycles. The molecule has 2 rings (SSSR count).